The Morgan fingerprint density at radius 3 is 2.79 bits per heavy atom. The zero-order chi connectivity index (χ0) is 17.3. The highest BCUT2D eigenvalue weighted by Crippen LogP contribution is 2.20. The fraction of sp³-hybridized carbons (Fsp3) is 0.588. The number of carbonyl (C=O) groups is 3. The molecule has 24 heavy (non-hydrogen) atoms. The average Bonchev–Trinajstić information content (AvgIpc) is 2.96. The second-order valence-corrected chi connectivity index (χ2v) is 6.80. The van der Waals surface area contributed by atoms with Gasteiger partial charge in [-0.15, -0.1) is 0 Å². The van der Waals surface area contributed by atoms with Gasteiger partial charge in [0.15, 0.2) is 5.76 Å². The summed E-state index contributed by atoms with van der Waals surface area (Å²) in [6.07, 6.45) is 2.11. The molecule has 0 aromatic carbocycles. The molecule has 7 heteroatoms. The van der Waals surface area contributed by atoms with Gasteiger partial charge in [-0.25, -0.2) is 0 Å². The summed E-state index contributed by atoms with van der Waals surface area (Å²) < 4.78 is 5.18. The molecule has 2 aliphatic heterocycles. The van der Waals surface area contributed by atoms with Gasteiger partial charge >= 0.3 is 0 Å². The topological polar surface area (TPSA) is 74.1 Å². The Hall–Kier alpha value is -2.31. The van der Waals surface area contributed by atoms with Gasteiger partial charge in [0.25, 0.3) is 5.91 Å². The van der Waals surface area contributed by atoms with E-state index in [1.807, 2.05) is 13.8 Å². The Labute approximate surface area is 141 Å². The summed E-state index contributed by atoms with van der Waals surface area (Å²) in [7, 11) is 0. The van der Waals surface area contributed by atoms with Crippen LogP contribution in [0.4, 0.5) is 0 Å². The fourth-order valence-electron chi connectivity index (χ4n) is 3.37. The monoisotopic (exact) mass is 333 g/mol. The first kappa shape index (κ1) is 16.5. The molecule has 2 aliphatic rings. The molecule has 0 aliphatic carbocycles. The SMILES string of the molecule is CC(C)CN1CC(=O)N2CCCN(C(=O)c3ccco3)CC2C1=O. The first-order chi connectivity index (χ1) is 11.5. The van der Waals surface area contributed by atoms with Crippen molar-refractivity contribution in [3.05, 3.63) is 24.2 Å². The van der Waals surface area contributed by atoms with Crippen molar-refractivity contribution in [2.24, 2.45) is 5.92 Å². The van der Waals surface area contributed by atoms with Crippen molar-refractivity contribution < 1.29 is 18.8 Å². The quantitative estimate of drug-likeness (QED) is 0.821. The predicted octanol–water partition coefficient (Wildman–Crippen LogP) is 0.821. The number of hydrogen-bond acceptors (Lipinski definition) is 4. The molecule has 1 aromatic rings. The molecule has 2 saturated heterocycles. The van der Waals surface area contributed by atoms with E-state index in [0.29, 0.717) is 32.0 Å². The van der Waals surface area contributed by atoms with Crippen molar-refractivity contribution in [1.29, 1.82) is 0 Å². The molecule has 2 fully saturated rings. The summed E-state index contributed by atoms with van der Waals surface area (Å²) >= 11 is 0. The van der Waals surface area contributed by atoms with Crippen LogP contribution in [0.5, 0.6) is 0 Å². The summed E-state index contributed by atoms with van der Waals surface area (Å²) in [6, 6.07) is 2.69. The molecule has 7 nitrogen and oxygen atoms in total. The van der Waals surface area contributed by atoms with Gasteiger partial charge in [0.05, 0.1) is 19.4 Å². The second-order valence-electron chi connectivity index (χ2n) is 6.80. The zero-order valence-electron chi connectivity index (χ0n) is 14.1. The van der Waals surface area contributed by atoms with Crippen molar-refractivity contribution in [2.45, 2.75) is 26.3 Å². The molecule has 0 N–H and O–H groups in total. The summed E-state index contributed by atoms with van der Waals surface area (Å²) in [5, 5.41) is 0. The third-order valence-corrected chi connectivity index (χ3v) is 4.44. The third kappa shape index (κ3) is 3.16. The minimum absolute atomic E-state index is 0.0347. The van der Waals surface area contributed by atoms with Crippen LogP contribution in [-0.2, 0) is 9.59 Å². The number of piperazine rings is 1. The number of amides is 3. The normalized spacial score (nSPS) is 22.0. The van der Waals surface area contributed by atoms with Crippen molar-refractivity contribution in [2.75, 3.05) is 32.7 Å². The van der Waals surface area contributed by atoms with Crippen LogP contribution >= 0.6 is 0 Å². The van der Waals surface area contributed by atoms with E-state index in [1.54, 1.807) is 26.8 Å². The van der Waals surface area contributed by atoms with Crippen LogP contribution < -0.4 is 0 Å². The molecule has 1 atom stereocenters. The van der Waals surface area contributed by atoms with Crippen molar-refractivity contribution >= 4 is 17.7 Å². The van der Waals surface area contributed by atoms with Crippen LogP contribution in [0.1, 0.15) is 30.8 Å². The fourth-order valence-corrected chi connectivity index (χ4v) is 3.37. The number of hydrogen-bond donors (Lipinski definition) is 0. The van der Waals surface area contributed by atoms with Crippen molar-refractivity contribution in [1.82, 2.24) is 14.7 Å². The molecule has 0 radical (unpaired) electrons. The van der Waals surface area contributed by atoms with Gasteiger partial charge in [0.1, 0.15) is 6.04 Å². The van der Waals surface area contributed by atoms with E-state index >= 15 is 0 Å². The molecule has 0 bridgehead atoms. The van der Waals surface area contributed by atoms with Gasteiger partial charge in [-0.1, -0.05) is 13.8 Å². The summed E-state index contributed by atoms with van der Waals surface area (Å²) in [6.45, 7) is 5.97. The van der Waals surface area contributed by atoms with Crippen LogP contribution in [0, 0.1) is 5.92 Å². The maximum atomic E-state index is 12.8. The maximum Gasteiger partial charge on any atom is 0.289 e. The van der Waals surface area contributed by atoms with Crippen LogP contribution in [0.3, 0.4) is 0 Å². The van der Waals surface area contributed by atoms with Gasteiger partial charge in [0, 0.05) is 19.6 Å². The van der Waals surface area contributed by atoms with Crippen LogP contribution in [-0.4, -0.2) is 71.2 Å². The van der Waals surface area contributed by atoms with Crippen molar-refractivity contribution in [3.63, 3.8) is 0 Å². The van der Waals surface area contributed by atoms with E-state index in [2.05, 4.69) is 0 Å². The highest BCUT2D eigenvalue weighted by molar-refractivity contribution is 5.96. The van der Waals surface area contributed by atoms with Crippen LogP contribution in [0.15, 0.2) is 22.8 Å². The zero-order valence-corrected chi connectivity index (χ0v) is 14.1. The second kappa shape index (κ2) is 6.67. The smallest absolute Gasteiger partial charge is 0.289 e. The molecule has 130 valence electrons. The van der Waals surface area contributed by atoms with Gasteiger partial charge < -0.3 is 19.1 Å². The minimum Gasteiger partial charge on any atom is -0.459 e. The molecular weight excluding hydrogens is 310 g/mol. The standard InChI is InChI=1S/C17H23N3O4/c1-12(2)9-19-11-15(21)20-7-4-6-18(10-13(20)16(19)22)17(23)14-5-3-8-24-14/h3,5,8,12-13H,4,6-7,9-11H2,1-2H3. The molecule has 1 aromatic heterocycles. The van der Waals surface area contributed by atoms with E-state index in [4.69, 9.17) is 4.42 Å². The average molecular weight is 333 g/mol. The summed E-state index contributed by atoms with van der Waals surface area (Å²) in [4.78, 5) is 42.7. The van der Waals surface area contributed by atoms with Gasteiger partial charge in [-0.3, -0.25) is 14.4 Å². The number of furan rings is 1. The predicted molar refractivity (Wildman–Crippen MR) is 86.1 cm³/mol. The minimum atomic E-state index is -0.591. The first-order valence-corrected chi connectivity index (χ1v) is 8.38. The van der Waals surface area contributed by atoms with E-state index < -0.39 is 6.04 Å². The Balaban J connectivity index is 1.79. The number of fused-ring (bicyclic) bond motifs is 1. The Morgan fingerprint density at radius 2 is 2.12 bits per heavy atom. The lowest BCUT2D eigenvalue weighted by atomic mass is 10.1. The first-order valence-electron chi connectivity index (χ1n) is 8.38. The molecule has 0 saturated carbocycles. The summed E-state index contributed by atoms with van der Waals surface area (Å²) in [5.41, 5.74) is 0. The summed E-state index contributed by atoms with van der Waals surface area (Å²) in [5.74, 6) is 0.218. The highest BCUT2D eigenvalue weighted by atomic mass is 16.3. The third-order valence-electron chi connectivity index (χ3n) is 4.44. The lowest BCUT2D eigenvalue weighted by molar-refractivity contribution is -0.156. The van der Waals surface area contributed by atoms with Crippen molar-refractivity contribution in [3.8, 4) is 0 Å². The molecule has 3 heterocycles. The Bertz CT molecular complexity index is 626. The molecule has 3 rings (SSSR count). The van der Waals surface area contributed by atoms with Gasteiger partial charge in [-0.2, -0.15) is 0 Å². The van der Waals surface area contributed by atoms with Gasteiger partial charge in [-0.05, 0) is 24.5 Å². The van der Waals surface area contributed by atoms with E-state index in [9.17, 15) is 14.4 Å². The number of nitrogens with zero attached hydrogens (tertiary/aromatic N) is 3. The number of rotatable bonds is 3. The maximum absolute atomic E-state index is 12.8. The molecular formula is C17H23N3O4. The van der Waals surface area contributed by atoms with E-state index in [1.165, 1.54) is 6.26 Å². The van der Waals surface area contributed by atoms with Crippen LogP contribution in [0.2, 0.25) is 0 Å². The Morgan fingerprint density at radius 1 is 1.33 bits per heavy atom. The lowest BCUT2D eigenvalue weighted by Gasteiger charge is -2.40. The molecule has 1 unspecified atom stereocenters. The van der Waals surface area contributed by atoms with E-state index in [-0.39, 0.29) is 36.6 Å². The van der Waals surface area contributed by atoms with Gasteiger partial charge in [0.2, 0.25) is 11.8 Å². The molecule has 3 amide bonds. The largest absolute Gasteiger partial charge is 0.459 e. The highest BCUT2D eigenvalue weighted by Gasteiger charge is 2.42. The Kier molecular flexibility index (Phi) is 4.59. The van der Waals surface area contributed by atoms with Crippen LogP contribution in [0.25, 0.3) is 0 Å². The number of carbonyl (C=O) groups excluding carboxylic acids is 3. The lowest BCUT2D eigenvalue weighted by Crippen LogP contribution is -2.62. The van der Waals surface area contributed by atoms with E-state index in [0.717, 1.165) is 0 Å². The molecule has 0 spiro atoms.